The number of carbonyl (C=O) groups excluding carboxylic acids is 2. The number of carbonyl (C=O) groups is 2. The second-order valence-corrected chi connectivity index (χ2v) is 2.09. The fraction of sp³-hybridized carbons (Fsp3) is 0.667. The molecule has 0 saturated carbocycles. The van der Waals surface area contributed by atoms with E-state index in [4.69, 9.17) is 5.84 Å². The van der Waals surface area contributed by atoms with Gasteiger partial charge in [0.15, 0.2) is 0 Å². The number of hydrogen-bond donors (Lipinski definition) is 3. The predicted octanol–water partition coefficient (Wildman–Crippen LogP) is -0.686. The maximum Gasteiger partial charge on any atom is 0.253 e. The standard InChI is InChI=1S/C6H13N3O2.ClH/c1-2-3-5(10)8-4-6(11)9-7;/h2-4,7H2,1H3,(H,8,10)(H,9,11);1H. The topological polar surface area (TPSA) is 84.2 Å². The average Bonchev–Trinajstić information content (AvgIpc) is 2.01. The summed E-state index contributed by atoms with van der Waals surface area (Å²) in [6, 6.07) is 0. The summed E-state index contributed by atoms with van der Waals surface area (Å²) in [7, 11) is 0. The first kappa shape index (κ1) is 13.8. The third-order valence-corrected chi connectivity index (χ3v) is 1.08. The van der Waals surface area contributed by atoms with E-state index in [0.717, 1.165) is 6.42 Å². The van der Waals surface area contributed by atoms with Gasteiger partial charge in [-0.25, -0.2) is 5.84 Å². The first-order valence-corrected chi connectivity index (χ1v) is 3.46. The molecule has 0 fully saturated rings. The minimum Gasteiger partial charge on any atom is -0.347 e. The Balaban J connectivity index is 0. The highest BCUT2D eigenvalue weighted by atomic mass is 35.5. The Labute approximate surface area is 77.4 Å². The molecule has 0 aliphatic heterocycles. The predicted molar refractivity (Wildman–Crippen MR) is 47.5 cm³/mol. The van der Waals surface area contributed by atoms with Crippen molar-refractivity contribution in [2.45, 2.75) is 19.8 Å². The van der Waals surface area contributed by atoms with Crippen LogP contribution in [0.5, 0.6) is 0 Å². The van der Waals surface area contributed by atoms with Crippen molar-refractivity contribution >= 4 is 24.2 Å². The zero-order valence-corrected chi connectivity index (χ0v) is 7.74. The van der Waals surface area contributed by atoms with Crippen molar-refractivity contribution in [3.8, 4) is 0 Å². The van der Waals surface area contributed by atoms with Gasteiger partial charge in [0.1, 0.15) is 0 Å². The lowest BCUT2D eigenvalue weighted by Crippen LogP contribution is -2.40. The van der Waals surface area contributed by atoms with Crippen molar-refractivity contribution in [1.29, 1.82) is 0 Å². The molecule has 0 spiro atoms. The molecule has 12 heavy (non-hydrogen) atoms. The fourth-order valence-electron chi connectivity index (χ4n) is 0.545. The van der Waals surface area contributed by atoms with Gasteiger partial charge in [-0.2, -0.15) is 0 Å². The first-order valence-electron chi connectivity index (χ1n) is 3.46. The summed E-state index contributed by atoms with van der Waals surface area (Å²) < 4.78 is 0. The minimum absolute atomic E-state index is 0. The van der Waals surface area contributed by atoms with Gasteiger partial charge in [-0.15, -0.1) is 12.4 Å². The second kappa shape index (κ2) is 8.29. The van der Waals surface area contributed by atoms with E-state index in [0.29, 0.717) is 6.42 Å². The summed E-state index contributed by atoms with van der Waals surface area (Å²) in [6.07, 6.45) is 1.22. The number of amides is 2. The molecule has 0 atom stereocenters. The van der Waals surface area contributed by atoms with Crippen LogP contribution in [-0.2, 0) is 9.59 Å². The van der Waals surface area contributed by atoms with Crippen molar-refractivity contribution < 1.29 is 9.59 Å². The molecule has 2 amide bonds. The van der Waals surface area contributed by atoms with Crippen molar-refractivity contribution in [3.63, 3.8) is 0 Å². The van der Waals surface area contributed by atoms with Crippen LogP contribution in [0, 0.1) is 0 Å². The molecule has 6 heteroatoms. The molecule has 0 aromatic rings. The van der Waals surface area contributed by atoms with Crippen LogP contribution >= 0.6 is 12.4 Å². The van der Waals surface area contributed by atoms with Gasteiger partial charge < -0.3 is 5.32 Å². The van der Waals surface area contributed by atoms with Gasteiger partial charge >= 0.3 is 0 Å². The third-order valence-electron chi connectivity index (χ3n) is 1.08. The minimum atomic E-state index is -0.394. The van der Waals surface area contributed by atoms with Gasteiger partial charge in [0.2, 0.25) is 5.91 Å². The molecule has 0 heterocycles. The van der Waals surface area contributed by atoms with Crippen molar-refractivity contribution in [1.82, 2.24) is 10.7 Å². The van der Waals surface area contributed by atoms with E-state index >= 15 is 0 Å². The van der Waals surface area contributed by atoms with Crippen molar-refractivity contribution in [2.75, 3.05) is 6.54 Å². The van der Waals surface area contributed by atoms with Crippen LogP contribution in [0.2, 0.25) is 0 Å². The lowest BCUT2D eigenvalue weighted by Gasteiger charge is -2.01. The zero-order valence-electron chi connectivity index (χ0n) is 6.92. The molecule has 72 valence electrons. The maximum absolute atomic E-state index is 10.7. The van der Waals surface area contributed by atoms with Crippen LogP contribution in [0.25, 0.3) is 0 Å². The first-order chi connectivity index (χ1) is 5.20. The van der Waals surface area contributed by atoms with Gasteiger partial charge in [0, 0.05) is 6.42 Å². The molecule has 0 bridgehead atoms. The Bertz CT molecular complexity index is 152. The molecule has 0 aliphatic carbocycles. The van der Waals surface area contributed by atoms with Crippen molar-refractivity contribution in [3.05, 3.63) is 0 Å². The van der Waals surface area contributed by atoms with Crippen molar-refractivity contribution in [2.24, 2.45) is 5.84 Å². The van der Waals surface area contributed by atoms with E-state index < -0.39 is 5.91 Å². The summed E-state index contributed by atoms with van der Waals surface area (Å²) in [4.78, 5) is 21.2. The Morgan fingerprint density at radius 2 is 1.92 bits per heavy atom. The van der Waals surface area contributed by atoms with E-state index in [1.165, 1.54) is 0 Å². The number of rotatable bonds is 4. The monoisotopic (exact) mass is 195 g/mol. The van der Waals surface area contributed by atoms with Crippen LogP contribution in [0.4, 0.5) is 0 Å². The van der Waals surface area contributed by atoms with Crippen LogP contribution in [0.1, 0.15) is 19.8 Å². The number of halogens is 1. The molecule has 0 unspecified atom stereocenters. The van der Waals surface area contributed by atoms with Crippen LogP contribution in [0.15, 0.2) is 0 Å². The number of nitrogens with one attached hydrogen (secondary N) is 2. The largest absolute Gasteiger partial charge is 0.347 e. The van der Waals surface area contributed by atoms with Gasteiger partial charge in [-0.1, -0.05) is 6.92 Å². The molecule has 0 rings (SSSR count). The van der Waals surface area contributed by atoms with Crippen LogP contribution in [0.3, 0.4) is 0 Å². The quantitative estimate of drug-likeness (QED) is 0.316. The van der Waals surface area contributed by atoms with Crippen LogP contribution < -0.4 is 16.6 Å². The number of hydrogen-bond acceptors (Lipinski definition) is 3. The summed E-state index contributed by atoms with van der Waals surface area (Å²) in [5.74, 6) is 4.26. The maximum atomic E-state index is 10.7. The number of hydrazine groups is 1. The van der Waals surface area contributed by atoms with E-state index in [2.05, 4.69) is 5.32 Å². The smallest absolute Gasteiger partial charge is 0.253 e. The lowest BCUT2D eigenvalue weighted by molar-refractivity contribution is -0.126. The SMILES string of the molecule is CCCC(=O)NCC(=O)NN.Cl. The Hall–Kier alpha value is -0.810. The summed E-state index contributed by atoms with van der Waals surface area (Å²) in [5, 5.41) is 2.40. The molecule has 0 radical (unpaired) electrons. The second-order valence-electron chi connectivity index (χ2n) is 2.09. The molecule has 0 aromatic carbocycles. The van der Waals surface area contributed by atoms with Gasteiger partial charge in [0.05, 0.1) is 6.54 Å². The molecule has 0 aromatic heterocycles. The van der Waals surface area contributed by atoms with Gasteiger partial charge in [-0.3, -0.25) is 15.0 Å². The number of nitrogens with two attached hydrogens (primary N) is 1. The van der Waals surface area contributed by atoms with E-state index in [9.17, 15) is 9.59 Å². The molecule has 0 saturated heterocycles. The highest BCUT2D eigenvalue weighted by Crippen LogP contribution is 1.83. The molecular weight excluding hydrogens is 182 g/mol. The normalized spacial score (nSPS) is 8.17. The molecule has 4 N–H and O–H groups in total. The Kier molecular flexibility index (Phi) is 9.50. The van der Waals surface area contributed by atoms with Crippen LogP contribution in [-0.4, -0.2) is 18.4 Å². The fourth-order valence-corrected chi connectivity index (χ4v) is 0.545. The summed E-state index contributed by atoms with van der Waals surface area (Å²) >= 11 is 0. The zero-order chi connectivity index (χ0) is 8.69. The molecule has 0 aliphatic rings. The highest BCUT2D eigenvalue weighted by Gasteiger charge is 2.01. The van der Waals surface area contributed by atoms with E-state index in [1.54, 1.807) is 0 Å². The summed E-state index contributed by atoms with van der Waals surface area (Å²) in [5.41, 5.74) is 1.91. The Morgan fingerprint density at radius 1 is 1.33 bits per heavy atom. The lowest BCUT2D eigenvalue weighted by atomic mass is 10.3. The third kappa shape index (κ3) is 7.30. The van der Waals surface area contributed by atoms with Gasteiger partial charge in [-0.05, 0) is 6.42 Å². The molecule has 5 nitrogen and oxygen atoms in total. The van der Waals surface area contributed by atoms with E-state index in [-0.39, 0.29) is 24.9 Å². The molecular formula is C6H14ClN3O2. The summed E-state index contributed by atoms with van der Waals surface area (Å²) in [6.45, 7) is 1.85. The highest BCUT2D eigenvalue weighted by molar-refractivity contribution is 5.85. The average molecular weight is 196 g/mol. The van der Waals surface area contributed by atoms with E-state index in [1.807, 2.05) is 12.3 Å². The van der Waals surface area contributed by atoms with Gasteiger partial charge in [0.25, 0.3) is 5.91 Å². The Morgan fingerprint density at radius 3 is 2.33 bits per heavy atom.